The summed E-state index contributed by atoms with van der Waals surface area (Å²) in [6.07, 6.45) is 1.73. The average Bonchev–Trinajstić information content (AvgIpc) is 3.09. The zero-order chi connectivity index (χ0) is 15.7. The van der Waals surface area contributed by atoms with Crippen LogP contribution in [0.4, 0.5) is 5.69 Å². The fraction of sp³-hybridized carbons (Fsp3) is 0.200. The largest absolute Gasteiger partial charge is 0.463 e. The lowest BCUT2D eigenvalue weighted by Gasteiger charge is -2.14. The molecule has 0 saturated carbocycles. The van der Waals surface area contributed by atoms with Crippen molar-refractivity contribution in [3.63, 3.8) is 0 Å². The molecule has 0 spiro atoms. The maximum absolute atomic E-state index is 12.4. The third-order valence-electron chi connectivity index (χ3n) is 3.53. The highest BCUT2D eigenvalue weighted by Crippen LogP contribution is 2.29. The Morgan fingerprint density at radius 2 is 2.05 bits per heavy atom. The molecule has 1 aliphatic rings. The summed E-state index contributed by atoms with van der Waals surface area (Å²) in [5.41, 5.74) is 0.443. The number of rotatable bonds is 4. The molecule has 1 aliphatic heterocycles. The van der Waals surface area contributed by atoms with Gasteiger partial charge in [-0.3, -0.25) is 9.59 Å². The summed E-state index contributed by atoms with van der Waals surface area (Å²) in [6.45, 7) is 0.506. The Kier molecular flexibility index (Phi) is 4.20. The molecule has 22 heavy (non-hydrogen) atoms. The predicted molar refractivity (Wildman–Crippen MR) is 81.7 cm³/mol. The van der Waals surface area contributed by atoms with E-state index >= 15 is 0 Å². The Morgan fingerprint density at radius 1 is 1.23 bits per heavy atom. The number of hydrogen-bond donors (Lipinski definition) is 1. The van der Waals surface area contributed by atoms with Crippen molar-refractivity contribution in [2.45, 2.75) is 19.0 Å². The molecule has 7 heteroatoms. The number of nitrogens with two attached hydrogens (primary N) is 1. The molecule has 0 aliphatic carbocycles. The molecule has 0 unspecified atom stereocenters. The molecule has 1 atom stereocenters. The Hall–Kier alpha value is -1.82. The van der Waals surface area contributed by atoms with Gasteiger partial charge in [0.1, 0.15) is 6.54 Å². The number of hydrogen-bond acceptors (Lipinski definition) is 3. The maximum Gasteiger partial charge on any atom is 0.292 e. The van der Waals surface area contributed by atoms with Gasteiger partial charge in [-0.1, -0.05) is 23.2 Å². The molecule has 1 aromatic carbocycles. The zero-order valence-corrected chi connectivity index (χ0v) is 13.0. The monoisotopic (exact) mass is 339 g/mol. The number of halogens is 2. The van der Waals surface area contributed by atoms with Crippen LogP contribution in [0.2, 0.25) is 10.0 Å². The molecule has 2 heterocycles. The molecule has 0 radical (unpaired) electrons. The third-order valence-corrected chi connectivity index (χ3v) is 4.27. The van der Waals surface area contributed by atoms with Crippen LogP contribution in [0.3, 0.4) is 0 Å². The van der Waals surface area contributed by atoms with Gasteiger partial charge in [0, 0.05) is 0 Å². The van der Waals surface area contributed by atoms with Crippen molar-refractivity contribution in [1.82, 2.24) is 0 Å². The Morgan fingerprint density at radius 3 is 2.73 bits per heavy atom. The number of amides is 2. The summed E-state index contributed by atoms with van der Waals surface area (Å²) < 4.78 is 5.22. The number of benzene rings is 1. The molecule has 2 N–H and O–H groups in total. The second-order valence-corrected chi connectivity index (χ2v) is 5.81. The number of imide groups is 1. The van der Waals surface area contributed by atoms with Crippen LogP contribution < -0.4 is 10.2 Å². The molecule has 2 aromatic rings. The Labute approximate surface area is 136 Å². The van der Waals surface area contributed by atoms with Gasteiger partial charge in [0.15, 0.2) is 11.8 Å². The van der Waals surface area contributed by atoms with Gasteiger partial charge in [-0.15, -0.1) is 0 Å². The highest BCUT2D eigenvalue weighted by molar-refractivity contribution is 6.42. The predicted octanol–water partition coefficient (Wildman–Crippen LogP) is 1.98. The Balaban J connectivity index is 1.74. The van der Waals surface area contributed by atoms with Crippen molar-refractivity contribution in [2.24, 2.45) is 0 Å². The zero-order valence-electron chi connectivity index (χ0n) is 11.5. The van der Waals surface area contributed by atoms with E-state index in [4.69, 9.17) is 27.6 Å². The van der Waals surface area contributed by atoms with E-state index in [1.165, 1.54) is 6.07 Å². The minimum atomic E-state index is -0.452. The van der Waals surface area contributed by atoms with Crippen LogP contribution in [0.25, 0.3) is 0 Å². The normalized spacial score (nSPS) is 18.3. The van der Waals surface area contributed by atoms with Crippen molar-refractivity contribution in [2.75, 3.05) is 4.90 Å². The smallest absolute Gasteiger partial charge is 0.292 e. The van der Waals surface area contributed by atoms with E-state index in [0.29, 0.717) is 22.3 Å². The third kappa shape index (κ3) is 2.88. The van der Waals surface area contributed by atoms with Crippen molar-refractivity contribution in [1.29, 1.82) is 0 Å². The summed E-state index contributed by atoms with van der Waals surface area (Å²) in [5.74, 6) is 0.257. The average molecular weight is 340 g/mol. The van der Waals surface area contributed by atoms with Crippen LogP contribution in [0.1, 0.15) is 12.2 Å². The highest BCUT2D eigenvalue weighted by Gasteiger charge is 2.42. The van der Waals surface area contributed by atoms with Crippen molar-refractivity contribution >= 4 is 40.7 Å². The fourth-order valence-electron chi connectivity index (χ4n) is 2.42. The quantitative estimate of drug-likeness (QED) is 0.866. The first-order valence-corrected chi connectivity index (χ1v) is 7.49. The summed E-state index contributed by atoms with van der Waals surface area (Å²) in [5, 5.41) is 2.49. The van der Waals surface area contributed by atoms with Gasteiger partial charge in [0.25, 0.3) is 5.91 Å². The van der Waals surface area contributed by atoms with E-state index in [1.54, 1.807) is 29.8 Å². The molecule has 114 valence electrons. The van der Waals surface area contributed by atoms with E-state index in [2.05, 4.69) is 0 Å². The second kappa shape index (κ2) is 6.12. The van der Waals surface area contributed by atoms with Crippen LogP contribution in [-0.4, -0.2) is 17.9 Å². The lowest BCUT2D eigenvalue weighted by molar-refractivity contribution is -0.691. The minimum absolute atomic E-state index is 0.153. The first-order valence-electron chi connectivity index (χ1n) is 6.74. The van der Waals surface area contributed by atoms with Crippen LogP contribution in [0.5, 0.6) is 0 Å². The van der Waals surface area contributed by atoms with Crippen molar-refractivity contribution < 1.29 is 19.3 Å². The molecular weight excluding hydrogens is 327 g/mol. The van der Waals surface area contributed by atoms with Gasteiger partial charge in [-0.2, -0.15) is 0 Å². The van der Waals surface area contributed by atoms with Gasteiger partial charge < -0.3 is 9.73 Å². The summed E-state index contributed by atoms with van der Waals surface area (Å²) in [4.78, 5) is 25.7. The molecule has 1 fully saturated rings. The van der Waals surface area contributed by atoms with E-state index in [-0.39, 0.29) is 18.2 Å². The number of carbonyl (C=O) groups excluding carboxylic acids is 2. The number of furan rings is 1. The maximum atomic E-state index is 12.4. The highest BCUT2D eigenvalue weighted by atomic mass is 35.5. The van der Waals surface area contributed by atoms with Gasteiger partial charge in [-0.25, -0.2) is 4.90 Å². The number of quaternary nitrogens is 1. The van der Waals surface area contributed by atoms with Crippen LogP contribution >= 0.6 is 23.2 Å². The topological polar surface area (TPSA) is 67.1 Å². The van der Waals surface area contributed by atoms with Gasteiger partial charge in [0.05, 0.1) is 28.4 Å². The van der Waals surface area contributed by atoms with Crippen LogP contribution in [0.15, 0.2) is 41.0 Å². The summed E-state index contributed by atoms with van der Waals surface area (Å²) in [7, 11) is 0. The first-order chi connectivity index (χ1) is 10.6. The molecule has 3 rings (SSSR count). The summed E-state index contributed by atoms with van der Waals surface area (Å²) >= 11 is 11.8. The van der Waals surface area contributed by atoms with E-state index in [9.17, 15) is 9.59 Å². The first kappa shape index (κ1) is 15.1. The SMILES string of the molecule is O=C1C[C@H]([NH2+]Cc2ccco2)C(=O)N1c1ccc(Cl)c(Cl)c1. The second-order valence-electron chi connectivity index (χ2n) is 5.00. The van der Waals surface area contributed by atoms with E-state index < -0.39 is 6.04 Å². The van der Waals surface area contributed by atoms with Crippen LogP contribution in [0, 0.1) is 0 Å². The molecule has 0 bridgehead atoms. The van der Waals surface area contributed by atoms with Crippen LogP contribution in [-0.2, 0) is 16.1 Å². The minimum Gasteiger partial charge on any atom is -0.463 e. The fourth-order valence-corrected chi connectivity index (χ4v) is 2.71. The van der Waals surface area contributed by atoms with Crippen molar-refractivity contribution in [3.8, 4) is 0 Å². The lowest BCUT2D eigenvalue weighted by atomic mass is 10.2. The van der Waals surface area contributed by atoms with Gasteiger partial charge in [-0.05, 0) is 30.3 Å². The molecule has 1 saturated heterocycles. The number of anilines is 1. The molecular formula is C15H13Cl2N2O3+. The lowest BCUT2D eigenvalue weighted by Crippen LogP contribution is -2.90. The standard InChI is InChI=1S/C15H12Cl2N2O3/c16-11-4-3-9(6-12(11)17)19-14(20)7-13(15(19)21)18-8-10-2-1-5-22-10/h1-6,13,18H,7-8H2/p+1/t13-/m0/s1. The summed E-state index contributed by atoms with van der Waals surface area (Å²) in [6, 6.07) is 7.86. The van der Waals surface area contributed by atoms with Gasteiger partial charge >= 0.3 is 0 Å². The molecule has 1 aromatic heterocycles. The molecule has 2 amide bonds. The molecule has 5 nitrogen and oxygen atoms in total. The number of nitrogens with zero attached hydrogens (tertiary/aromatic N) is 1. The van der Waals surface area contributed by atoms with Gasteiger partial charge in [0.2, 0.25) is 5.91 Å². The Bertz CT molecular complexity index is 716. The van der Waals surface area contributed by atoms with E-state index in [0.717, 1.165) is 10.7 Å². The van der Waals surface area contributed by atoms with E-state index in [1.807, 2.05) is 6.07 Å². The van der Waals surface area contributed by atoms with Crippen molar-refractivity contribution in [3.05, 3.63) is 52.4 Å². The number of carbonyl (C=O) groups is 2.